The van der Waals surface area contributed by atoms with Crippen LogP contribution in [-0.2, 0) is 0 Å². The maximum atomic E-state index is 3.99. The van der Waals surface area contributed by atoms with Crippen molar-refractivity contribution < 1.29 is 0 Å². The Hall–Kier alpha value is 0.500. The largest absolute Gasteiger partial charge is 0.313 e. The first-order valence-electron chi connectivity index (χ1n) is 11.2. The average molecular weight is 405 g/mol. The number of hydrogen-bond donors (Lipinski definition) is 2. The predicted molar refractivity (Wildman–Crippen MR) is 117 cm³/mol. The van der Waals surface area contributed by atoms with Crippen molar-refractivity contribution in [3.05, 3.63) is 0 Å². The zero-order valence-electron chi connectivity index (χ0n) is 16.7. The fourth-order valence-electron chi connectivity index (χ4n) is 6.21. The molecule has 4 heteroatoms. The van der Waals surface area contributed by atoms with Gasteiger partial charge in [-0.3, -0.25) is 0 Å². The topological polar surface area (TPSA) is 24.1 Å². The monoisotopic (exact) mass is 404 g/mol. The molecule has 0 spiro atoms. The molecule has 5 saturated carbocycles. The normalized spacial score (nSPS) is 35.5. The van der Waals surface area contributed by atoms with Gasteiger partial charge in [0.15, 0.2) is 0 Å². The molecule has 0 radical (unpaired) electrons. The summed E-state index contributed by atoms with van der Waals surface area (Å²) in [6.45, 7) is 2.65. The molecule has 0 unspecified atom stereocenters. The number of rotatable bonds is 6. The Balaban J connectivity index is 0.00000121. The van der Waals surface area contributed by atoms with Gasteiger partial charge in [0.1, 0.15) is 0 Å². The van der Waals surface area contributed by atoms with Crippen molar-refractivity contribution in [2.24, 2.45) is 10.8 Å². The number of fused-ring (bicyclic) bond motifs is 3. The molecule has 5 aliphatic rings. The van der Waals surface area contributed by atoms with Crippen molar-refractivity contribution in [3.63, 3.8) is 0 Å². The molecule has 2 bridgehead atoms. The fourth-order valence-corrected chi connectivity index (χ4v) is 6.21. The minimum atomic E-state index is 0. The number of halogens is 2. The minimum Gasteiger partial charge on any atom is -0.313 e. The lowest BCUT2D eigenvalue weighted by Gasteiger charge is -2.54. The van der Waals surface area contributed by atoms with Crippen molar-refractivity contribution in [1.29, 1.82) is 0 Å². The molecule has 0 aromatic carbocycles. The van der Waals surface area contributed by atoms with Crippen LogP contribution in [-0.4, -0.2) is 25.2 Å². The summed E-state index contributed by atoms with van der Waals surface area (Å²) in [5.41, 5.74) is 1.34. The number of hydrogen-bond acceptors (Lipinski definition) is 2. The standard InChI is InChI=1S/C22H40N2.2ClH/c1-3-7-19(8-4-1)23-17-21-11-14-22(15-12-21,16-13-21)18-24-20-9-5-2-6-10-20;;/h19-20,23-24H,1-18H2;2*1H. The molecule has 0 amide bonds. The van der Waals surface area contributed by atoms with Gasteiger partial charge in [-0.05, 0) is 75.0 Å². The summed E-state index contributed by atoms with van der Waals surface area (Å²) in [6.07, 6.45) is 23.5. The van der Waals surface area contributed by atoms with Crippen LogP contribution < -0.4 is 10.6 Å². The highest BCUT2D eigenvalue weighted by atomic mass is 35.5. The Kier molecular flexibility index (Phi) is 9.05. The van der Waals surface area contributed by atoms with E-state index in [1.165, 1.54) is 116 Å². The third kappa shape index (κ3) is 5.52. The average Bonchev–Trinajstić information content (AvgIpc) is 2.68. The van der Waals surface area contributed by atoms with E-state index in [-0.39, 0.29) is 24.8 Å². The number of nitrogens with one attached hydrogen (secondary N) is 2. The minimum absolute atomic E-state index is 0. The van der Waals surface area contributed by atoms with E-state index < -0.39 is 0 Å². The lowest BCUT2D eigenvalue weighted by atomic mass is 9.53. The maximum absolute atomic E-state index is 3.99. The van der Waals surface area contributed by atoms with Crippen LogP contribution >= 0.6 is 24.8 Å². The summed E-state index contributed by atoms with van der Waals surface area (Å²) in [5, 5.41) is 7.98. The van der Waals surface area contributed by atoms with Crippen molar-refractivity contribution in [2.45, 2.75) is 115 Å². The maximum Gasteiger partial charge on any atom is 0.00672 e. The fraction of sp³-hybridized carbons (Fsp3) is 1.00. The van der Waals surface area contributed by atoms with Gasteiger partial charge in [-0.15, -0.1) is 24.8 Å². The first-order chi connectivity index (χ1) is 11.8. The second-order valence-electron chi connectivity index (χ2n) is 9.93. The van der Waals surface area contributed by atoms with E-state index in [1.54, 1.807) is 0 Å². The summed E-state index contributed by atoms with van der Waals surface area (Å²) in [7, 11) is 0. The first kappa shape index (κ1) is 22.8. The van der Waals surface area contributed by atoms with Crippen LogP contribution in [0.15, 0.2) is 0 Å². The van der Waals surface area contributed by atoms with Crippen LogP contribution in [0.3, 0.4) is 0 Å². The summed E-state index contributed by atoms with van der Waals surface area (Å²) in [4.78, 5) is 0. The SMILES string of the molecule is C1CCC(NCC23CCC(CNC4CCCCC4)(CC2)CC3)CC1.Cl.Cl. The highest BCUT2D eigenvalue weighted by molar-refractivity contribution is 5.85. The van der Waals surface area contributed by atoms with Gasteiger partial charge >= 0.3 is 0 Å². The Labute approximate surface area is 174 Å². The smallest absolute Gasteiger partial charge is 0.00672 e. The zero-order valence-corrected chi connectivity index (χ0v) is 18.3. The Morgan fingerprint density at radius 3 is 1.12 bits per heavy atom. The van der Waals surface area contributed by atoms with Gasteiger partial charge in [0.25, 0.3) is 0 Å². The van der Waals surface area contributed by atoms with Gasteiger partial charge < -0.3 is 10.6 Å². The van der Waals surface area contributed by atoms with Crippen LogP contribution in [0.2, 0.25) is 0 Å². The molecular formula is C22H42Cl2N2. The van der Waals surface area contributed by atoms with Gasteiger partial charge in [0.05, 0.1) is 0 Å². The van der Waals surface area contributed by atoms with E-state index in [2.05, 4.69) is 10.6 Å². The van der Waals surface area contributed by atoms with Crippen molar-refractivity contribution >= 4 is 24.8 Å². The van der Waals surface area contributed by atoms with Crippen LogP contribution in [0.25, 0.3) is 0 Å². The molecular weight excluding hydrogens is 363 g/mol. The molecule has 0 heterocycles. The molecule has 0 aliphatic heterocycles. The summed E-state index contributed by atoms with van der Waals surface area (Å²) < 4.78 is 0. The quantitative estimate of drug-likeness (QED) is 0.565. The molecule has 0 saturated heterocycles. The molecule has 5 aliphatic carbocycles. The van der Waals surface area contributed by atoms with Crippen molar-refractivity contribution in [2.75, 3.05) is 13.1 Å². The highest BCUT2D eigenvalue weighted by Crippen LogP contribution is 2.56. The van der Waals surface area contributed by atoms with Gasteiger partial charge in [-0.25, -0.2) is 0 Å². The Morgan fingerprint density at radius 2 is 0.808 bits per heavy atom. The third-order valence-corrected chi connectivity index (χ3v) is 8.30. The lowest BCUT2D eigenvalue weighted by Crippen LogP contribution is -2.52. The van der Waals surface area contributed by atoms with Gasteiger partial charge in [-0.2, -0.15) is 0 Å². The molecule has 2 N–H and O–H groups in total. The van der Waals surface area contributed by atoms with E-state index >= 15 is 0 Å². The van der Waals surface area contributed by atoms with Gasteiger partial charge in [0, 0.05) is 25.2 Å². The first-order valence-corrected chi connectivity index (χ1v) is 11.2. The van der Waals surface area contributed by atoms with Crippen LogP contribution in [0, 0.1) is 10.8 Å². The zero-order chi connectivity index (χ0) is 16.3. The molecule has 154 valence electrons. The highest BCUT2D eigenvalue weighted by Gasteiger charge is 2.48. The lowest BCUT2D eigenvalue weighted by molar-refractivity contribution is -0.0114. The second kappa shape index (κ2) is 10.3. The molecule has 0 aromatic heterocycles. The van der Waals surface area contributed by atoms with E-state index in [9.17, 15) is 0 Å². The van der Waals surface area contributed by atoms with Crippen LogP contribution in [0.4, 0.5) is 0 Å². The molecule has 26 heavy (non-hydrogen) atoms. The summed E-state index contributed by atoms with van der Waals surface area (Å²) in [6, 6.07) is 1.68. The third-order valence-electron chi connectivity index (χ3n) is 8.30. The van der Waals surface area contributed by atoms with E-state index in [4.69, 9.17) is 0 Å². The molecule has 5 fully saturated rings. The van der Waals surface area contributed by atoms with Gasteiger partial charge in [0.2, 0.25) is 0 Å². The van der Waals surface area contributed by atoms with Crippen LogP contribution in [0.1, 0.15) is 103 Å². The summed E-state index contributed by atoms with van der Waals surface area (Å²) >= 11 is 0. The predicted octanol–water partition coefficient (Wildman–Crippen LogP) is 6.02. The summed E-state index contributed by atoms with van der Waals surface area (Å²) in [5.74, 6) is 0. The van der Waals surface area contributed by atoms with E-state index in [0.29, 0.717) is 10.8 Å². The molecule has 2 nitrogen and oxygen atoms in total. The van der Waals surface area contributed by atoms with Crippen LogP contribution in [0.5, 0.6) is 0 Å². The van der Waals surface area contributed by atoms with Crippen molar-refractivity contribution in [3.8, 4) is 0 Å². The Morgan fingerprint density at radius 1 is 0.500 bits per heavy atom. The molecule has 5 rings (SSSR count). The molecule has 0 aromatic rings. The van der Waals surface area contributed by atoms with Crippen molar-refractivity contribution in [1.82, 2.24) is 10.6 Å². The second-order valence-corrected chi connectivity index (χ2v) is 9.93. The van der Waals surface area contributed by atoms with Gasteiger partial charge in [-0.1, -0.05) is 38.5 Å². The Bertz CT molecular complexity index is 340. The van der Waals surface area contributed by atoms with E-state index in [0.717, 1.165) is 12.1 Å². The van der Waals surface area contributed by atoms with E-state index in [1.807, 2.05) is 0 Å². The molecule has 0 atom stereocenters.